The molecule has 2 aliphatic carbocycles. The molecule has 2 fully saturated rings. The minimum atomic E-state index is -0.427. The summed E-state index contributed by atoms with van der Waals surface area (Å²) < 4.78 is 4.73. The second-order valence-electron chi connectivity index (χ2n) is 7.32. The van der Waals surface area contributed by atoms with Crippen LogP contribution in [0.2, 0.25) is 0 Å². The van der Waals surface area contributed by atoms with Gasteiger partial charge < -0.3 is 15.0 Å². The molecule has 6 nitrogen and oxygen atoms in total. The van der Waals surface area contributed by atoms with Crippen LogP contribution in [0.15, 0.2) is 5.38 Å². The van der Waals surface area contributed by atoms with Crippen molar-refractivity contribution in [3.8, 4) is 0 Å². The van der Waals surface area contributed by atoms with Crippen molar-refractivity contribution >= 4 is 23.3 Å². The normalized spacial score (nSPS) is 19.1. The van der Waals surface area contributed by atoms with Gasteiger partial charge in [0.1, 0.15) is 5.01 Å². The SMILES string of the molecule is COC(=O)c1csc(CN(C(=O)NC2CCCCC2)C2CCCCC2)n1. The Morgan fingerprint density at radius 1 is 1.15 bits per heavy atom. The fraction of sp³-hybridized carbons (Fsp3) is 0.737. The van der Waals surface area contributed by atoms with Gasteiger partial charge >= 0.3 is 12.0 Å². The number of esters is 1. The van der Waals surface area contributed by atoms with Crippen molar-refractivity contribution in [2.75, 3.05) is 7.11 Å². The largest absolute Gasteiger partial charge is 0.464 e. The number of ether oxygens (including phenoxy) is 1. The van der Waals surface area contributed by atoms with E-state index in [1.807, 2.05) is 4.90 Å². The highest BCUT2D eigenvalue weighted by Crippen LogP contribution is 2.26. The van der Waals surface area contributed by atoms with Gasteiger partial charge in [0.2, 0.25) is 0 Å². The third-order valence-corrected chi connectivity index (χ3v) is 6.29. The fourth-order valence-corrected chi connectivity index (χ4v) is 4.75. The van der Waals surface area contributed by atoms with Gasteiger partial charge in [0, 0.05) is 17.5 Å². The van der Waals surface area contributed by atoms with E-state index >= 15 is 0 Å². The molecule has 0 spiro atoms. The van der Waals surface area contributed by atoms with Gasteiger partial charge in [-0.05, 0) is 25.7 Å². The van der Waals surface area contributed by atoms with Crippen LogP contribution in [0.3, 0.4) is 0 Å². The number of amides is 2. The number of nitrogens with zero attached hydrogens (tertiary/aromatic N) is 2. The summed E-state index contributed by atoms with van der Waals surface area (Å²) >= 11 is 1.42. The van der Waals surface area contributed by atoms with Crippen LogP contribution in [0.5, 0.6) is 0 Å². The summed E-state index contributed by atoms with van der Waals surface area (Å²) in [6.07, 6.45) is 11.5. The predicted octanol–water partition coefficient (Wildman–Crippen LogP) is 4.11. The minimum Gasteiger partial charge on any atom is -0.464 e. The minimum absolute atomic E-state index is 0.0265. The van der Waals surface area contributed by atoms with Gasteiger partial charge in [-0.15, -0.1) is 11.3 Å². The molecule has 2 saturated carbocycles. The van der Waals surface area contributed by atoms with Crippen LogP contribution in [0, 0.1) is 0 Å². The van der Waals surface area contributed by atoms with Gasteiger partial charge in [-0.1, -0.05) is 38.5 Å². The van der Waals surface area contributed by atoms with E-state index < -0.39 is 5.97 Å². The van der Waals surface area contributed by atoms with Gasteiger partial charge in [0.25, 0.3) is 0 Å². The quantitative estimate of drug-likeness (QED) is 0.782. The van der Waals surface area contributed by atoms with Gasteiger partial charge in [0.05, 0.1) is 13.7 Å². The number of carbonyl (C=O) groups excluding carboxylic acids is 2. The Morgan fingerprint density at radius 2 is 1.81 bits per heavy atom. The summed E-state index contributed by atoms with van der Waals surface area (Å²) in [6.45, 7) is 0.463. The van der Waals surface area contributed by atoms with Gasteiger partial charge in [-0.2, -0.15) is 0 Å². The third-order valence-electron chi connectivity index (χ3n) is 5.46. The molecule has 0 radical (unpaired) electrons. The van der Waals surface area contributed by atoms with E-state index in [1.54, 1.807) is 5.38 Å². The molecule has 1 heterocycles. The molecule has 2 amide bonds. The Balaban J connectivity index is 1.68. The fourth-order valence-electron chi connectivity index (χ4n) is 3.99. The van der Waals surface area contributed by atoms with Crippen molar-refractivity contribution in [3.05, 3.63) is 16.1 Å². The molecular formula is C19H29N3O3S. The highest BCUT2D eigenvalue weighted by atomic mass is 32.1. The van der Waals surface area contributed by atoms with E-state index in [2.05, 4.69) is 10.3 Å². The predicted molar refractivity (Wildman–Crippen MR) is 101 cm³/mol. The molecule has 0 aromatic carbocycles. The molecule has 3 rings (SSSR count). The van der Waals surface area contributed by atoms with Crippen LogP contribution in [-0.2, 0) is 11.3 Å². The zero-order chi connectivity index (χ0) is 18.4. The van der Waals surface area contributed by atoms with E-state index in [0.29, 0.717) is 18.3 Å². The van der Waals surface area contributed by atoms with Crippen LogP contribution in [-0.4, -0.2) is 41.1 Å². The first-order valence-electron chi connectivity index (χ1n) is 9.77. The van der Waals surface area contributed by atoms with Crippen LogP contribution < -0.4 is 5.32 Å². The molecule has 0 unspecified atom stereocenters. The first kappa shape index (κ1) is 19.1. The lowest BCUT2D eigenvalue weighted by Crippen LogP contribution is -2.49. The highest BCUT2D eigenvalue weighted by molar-refractivity contribution is 7.09. The molecule has 0 saturated heterocycles. The number of urea groups is 1. The summed E-state index contributed by atoms with van der Waals surface area (Å²) in [5.41, 5.74) is 0.323. The number of hydrogen-bond donors (Lipinski definition) is 1. The number of rotatable bonds is 5. The Bertz CT molecular complexity index is 607. The summed E-state index contributed by atoms with van der Waals surface area (Å²) in [4.78, 5) is 31.0. The molecule has 0 atom stereocenters. The van der Waals surface area contributed by atoms with Gasteiger partial charge in [0.15, 0.2) is 5.69 Å². The van der Waals surface area contributed by atoms with Crippen molar-refractivity contribution in [3.63, 3.8) is 0 Å². The highest BCUT2D eigenvalue weighted by Gasteiger charge is 2.28. The molecule has 0 aliphatic heterocycles. The van der Waals surface area contributed by atoms with Crippen LogP contribution in [0.25, 0.3) is 0 Å². The maximum atomic E-state index is 13.0. The summed E-state index contributed by atoms with van der Waals surface area (Å²) in [6, 6.07) is 0.584. The number of methoxy groups -OCH3 is 1. The zero-order valence-corrected chi connectivity index (χ0v) is 16.4. The Morgan fingerprint density at radius 3 is 2.46 bits per heavy atom. The van der Waals surface area contributed by atoms with Crippen LogP contribution >= 0.6 is 11.3 Å². The first-order valence-corrected chi connectivity index (χ1v) is 10.6. The third kappa shape index (κ3) is 4.96. The number of carbonyl (C=O) groups is 2. The Hall–Kier alpha value is -1.63. The van der Waals surface area contributed by atoms with Gasteiger partial charge in [-0.3, -0.25) is 0 Å². The molecule has 1 aromatic rings. The summed E-state index contributed by atoms with van der Waals surface area (Å²) in [7, 11) is 1.35. The van der Waals surface area contributed by atoms with Crippen molar-refractivity contribution in [1.82, 2.24) is 15.2 Å². The van der Waals surface area contributed by atoms with E-state index in [1.165, 1.54) is 57.0 Å². The van der Waals surface area contributed by atoms with Crippen molar-refractivity contribution in [2.24, 2.45) is 0 Å². The first-order chi connectivity index (χ1) is 12.7. The molecule has 144 valence electrons. The molecule has 1 N–H and O–H groups in total. The summed E-state index contributed by atoms with van der Waals surface area (Å²) in [5, 5.41) is 5.74. The smallest absolute Gasteiger partial charge is 0.357 e. The molecule has 26 heavy (non-hydrogen) atoms. The monoisotopic (exact) mass is 379 g/mol. The van der Waals surface area contributed by atoms with Crippen molar-refractivity contribution < 1.29 is 14.3 Å². The number of aromatic nitrogens is 1. The van der Waals surface area contributed by atoms with Crippen molar-refractivity contribution in [2.45, 2.75) is 82.8 Å². The maximum Gasteiger partial charge on any atom is 0.357 e. The van der Waals surface area contributed by atoms with Crippen molar-refractivity contribution in [1.29, 1.82) is 0 Å². The molecular weight excluding hydrogens is 350 g/mol. The van der Waals surface area contributed by atoms with Crippen LogP contribution in [0.1, 0.15) is 79.7 Å². The molecule has 7 heteroatoms. The number of thiazole rings is 1. The average molecular weight is 380 g/mol. The molecule has 2 aliphatic rings. The van der Waals surface area contributed by atoms with E-state index in [-0.39, 0.29) is 12.1 Å². The Labute approximate surface area is 159 Å². The number of hydrogen-bond acceptors (Lipinski definition) is 5. The average Bonchev–Trinajstić information content (AvgIpc) is 3.15. The Kier molecular flexibility index (Phi) is 6.88. The van der Waals surface area contributed by atoms with E-state index in [9.17, 15) is 9.59 Å². The van der Waals surface area contributed by atoms with Gasteiger partial charge in [-0.25, -0.2) is 14.6 Å². The van der Waals surface area contributed by atoms with E-state index in [4.69, 9.17) is 4.74 Å². The molecule has 1 aromatic heterocycles. The lowest BCUT2D eigenvalue weighted by Gasteiger charge is -2.35. The standard InChI is InChI=1S/C19H29N3O3S/c1-25-18(23)16-13-26-17(21-16)12-22(15-10-6-3-7-11-15)19(24)20-14-8-4-2-5-9-14/h13-15H,2-12H2,1H3,(H,20,24). The molecule has 0 bridgehead atoms. The maximum absolute atomic E-state index is 13.0. The second kappa shape index (κ2) is 9.35. The lowest BCUT2D eigenvalue weighted by molar-refractivity contribution is 0.0594. The van der Waals surface area contributed by atoms with E-state index in [0.717, 1.165) is 30.7 Å². The lowest BCUT2D eigenvalue weighted by atomic mass is 9.94. The van der Waals surface area contributed by atoms with Crippen LogP contribution in [0.4, 0.5) is 4.79 Å². The zero-order valence-electron chi connectivity index (χ0n) is 15.5. The number of nitrogens with one attached hydrogen (secondary N) is 1. The summed E-state index contributed by atoms with van der Waals surface area (Å²) in [5.74, 6) is -0.427. The topological polar surface area (TPSA) is 71.5 Å². The second-order valence-corrected chi connectivity index (χ2v) is 8.26.